The molecule has 30 heavy (non-hydrogen) atoms. The number of sulfonamides is 1. The first-order valence-corrected chi connectivity index (χ1v) is 13.0. The summed E-state index contributed by atoms with van der Waals surface area (Å²) in [6, 6.07) is 0.338. The van der Waals surface area contributed by atoms with Gasteiger partial charge in [0.05, 0.1) is 31.6 Å². The number of rotatable bonds is 11. The van der Waals surface area contributed by atoms with E-state index in [1.807, 2.05) is 6.92 Å². The Morgan fingerprint density at radius 3 is 2.57 bits per heavy atom. The van der Waals surface area contributed by atoms with Gasteiger partial charge in [-0.1, -0.05) is 13.8 Å². The van der Waals surface area contributed by atoms with E-state index in [0.29, 0.717) is 37.6 Å². The molecule has 2 aliphatic heterocycles. The zero-order valence-electron chi connectivity index (χ0n) is 18.9. The molecule has 0 amide bonds. The predicted octanol–water partition coefficient (Wildman–Crippen LogP) is 0.387. The number of aliphatic imine (C=N–C) groups is 1. The van der Waals surface area contributed by atoms with Gasteiger partial charge in [0.25, 0.3) is 0 Å². The molecule has 0 aliphatic carbocycles. The number of morpholine rings is 1. The summed E-state index contributed by atoms with van der Waals surface area (Å²) in [7, 11) is -3.35. The molecule has 2 unspecified atom stereocenters. The van der Waals surface area contributed by atoms with Crippen LogP contribution >= 0.6 is 0 Å². The summed E-state index contributed by atoms with van der Waals surface area (Å²) in [6.07, 6.45) is 3.06. The molecular weight excluding hydrogens is 406 g/mol. The number of hydrogen-bond acceptors (Lipinski definition) is 6. The molecule has 0 bridgehead atoms. The first-order chi connectivity index (χ1) is 14.4. The van der Waals surface area contributed by atoms with Crippen molar-refractivity contribution in [3.63, 3.8) is 0 Å². The van der Waals surface area contributed by atoms with Crippen LogP contribution in [0.4, 0.5) is 0 Å². The van der Waals surface area contributed by atoms with Gasteiger partial charge in [-0.25, -0.2) is 13.1 Å². The lowest BCUT2D eigenvalue weighted by molar-refractivity contribution is 0.00867. The van der Waals surface area contributed by atoms with Gasteiger partial charge in [-0.05, 0) is 32.1 Å². The minimum atomic E-state index is -3.35. The lowest BCUT2D eigenvalue weighted by Crippen LogP contribution is -2.48. The van der Waals surface area contributed by atoms with E-state index in [1.165, 1.54) is 0 Å². The maximum Gasteiger partial charge on any atom is 0.213 e. The van der Waals surface area contributed by atoms with Crippen molar-refractivity contribution in [2.45, 2.75) is 52.2 Å². The summed E-state index contributed by atoms with van der Waals surface area (Å²) in [5.74, 6) is 1.13. The molecule has 0 saturated carbocycles. The number of nitrogens with zero attached hydrogens (tertiary/aromatic N) is 2. The molecule has 0 radical (unpaired) electrons. The quantitative estimate of drug-likeness (QED) is 0.311. The van der Waals surface area contributed by atoms with Crippen molar-refractivity contribution in [1.29, 1.82) is 0 Å². The molecule has 2 fully saturated rings. The van der Waals surface area contributed by atoms with Gasteiger partial charge in [0, 0.05) is 45.4 Å². The number of guanidine groups is 1. The van der Waals surface area contributed by atoms with Gasteiger partial charge in [-0.15, -0.1) is 0 Å². The van der Waals surface area contributed by atoms with Crippen LogP contribution in [0.5, 0.6) is 0 Å². The van der Waals surface area contributed by atoms with Crippen molar-refractivity contribution >= 4 is 16.0 Å². The zero-order chi connectivity index (χ0) is 21.8. The second kappa shape index (κ2) is 13.5. The van der Waals surface area contributed by atoms with E-state index < -0.39 is 10.0 Å². The van der Waals surface area contributed by atoms with E-state index in [4.69, 9.17) is 14.5 Å². The summed E-state index contributed by atoms with van der Waals surface area (Å²) in [4.78, 5) is 7.16. The van der Waals surface area contributed by atoms with Gasteiger partial charge in [-0.3, -0.25) is 9.89 Å². The van der Waals surface area contributed by atoms with Crippen molar-refractivity contribution in [3.8, 4) is 0 Å². The Kier molecular flexibility index (Phi) is 11.4. The normalized spacial score (nSPS) is 22.8. The highest BCUT2D eigenvalue weighted by Gasteiger charge is 2.23. The summed E-state index contributed by atoms with van der Waals surface area (Å²) >= 11 is 0. The molecule has 176 valence electrons. The summed E-state index contributed by atoms with van der Waals surface area (Å²) < 4.78 is 38.3. The molecule has 0 aromatic heterocycles. The molecule has 0 aromatic rings. The lowest BCUT2D eigenvalue weighted by Gasteiger charge is -2.36. The average Bonchev–Trinajstić information content (AvgIpc) is 2.74. The standard InChI is InChI=1S/C20H41N5O4S/c1-4-21-20(23-16-19(17(2)3)25-9-12-28-13-10-25)22-8-14-30(26,27)24-15-18-7-5-6-11-29-18/h17-19,24H,4-16H2,1-3H3,(H2,21,22,23). The summed E-state index contributed by atoms with van der Waals surface area (Å²) in [5, 5.41) is 6.37. The van der Waals surface area contributed by atoms with Gasteiger partial charge < -0.3 is 20.1 Å². The fourth-order valence-corrected chi connectivity index (χ4v) is 4.70. The Balaban J connectivity index is 1.80. The monoisotopic (exact) mass is 447 g/mol. The van der Waals surface area contributed by atoms with Crippen LogP contribution in [0.1, 0.15) is 40.0 Å². The Labute approximate surface area is 182 Å². The lowest BCUT2D eigenvalue weighted by atomic mass is 10.0. The van der Waals surface area contributed by atoms with Gasteiger partial charge in [0.15, 0.2) is 5.96 Å². The van der Waals surface area contributed by atoms with E-state index in [2.05, 4.69) is 34.1 Å². The fourth-order valence-electron chi connectivity index (χ4n) is 3.75. The first kappa shape index (κ1) is 25.3. The van der Waals surface area contributed by atoms with Crippen molar-refractivity contribution in [3.05, 3.63) is 0 Å². The maximum atomic E-state index is 12.3. The molecule has 10 heteroatoms. The highest BCUT2D eigenvalue weighted by molar-refractivity contribution is 7.89. The van der Waals surface area contributed by atoms with Crippen molar-refractivity contribution in [2.24, 2.45) is 10.9 Å². The van der Waals surface area contributed by atoms with E-state index in [9.17, 15) is 8.42 Å². The van der Waals surface area contributed by atoms with Gasteiger partial charge in [0.1, 0.15) is 0 Å². The molecule has 2 aliphatic rings. The van der Waals surface area contributed by atoms with E-state index in [-0.39, 0.29) is 11.9 Å². The zero-order valence-corrected chi connectivity index (χ0v) is 19.7. The predicted molar refractivity (Wildman–Crippen MR) is 120 cm³/mol. The van der Waals surface area contributed by atoms with E-state index >= 15 is 0 Å². The van der Waals surface area contributed by atoms with Crippen LogP contribution in [-0.2, 0) is 19.5 Å². The molecule has 2 rings (SSSR count). The van der Waals surface area contributed by atoms with Crippen LogP contribution in [0.3, 0.4) is 0 Å². The van der Waals surface area contributed by atoms with E-state index in [1.54, 1.807) is 0 Å². The van der Waals surface area contributed by atoms with Crippen LogP contribution < -0.4 is 15.4 Å². The second-order valence-electron chi connectivity index (χ2n) is 8.26. The number of nitrogens with one attached hydrogen (secondary N) is 3. The molecule has 0 spiro atoms. The molecular formula is C20H41N5O4S. The van der Waals surface area contributed by atoms with Crippen molar-refractivity contribution in [2.75, 3.05) is 64.8 Å². The summed E-state index contributed by atoms with van der Waals surface area (Å²) in [5.41, 5.74) is 0. The van der Waals surface area contributed by atoms with Crippen molar-refractivity contribution in [1.82, 2.24) is 20.3 Å². The van der Waals surface area contributed by atoms with Crippen molar-refractivity contribution < 1.29 is 17.9 Å². The molecule has 2 heterocycles. The van der Waals surface area contributed by atoms with Gasteiger partial charge in [-0.2, -0.15) is 0 Å². The SMILES string of the molecule is CCNC(=NCC(C(C)C)N1CCOCC1)NCCS(=O)(=O)NCC1CCCCO1. The van der Waals surface area contributed by atoms with Gasteiger partial charge >= 0.3 is 0 Å². The molecule has 9 nitrogen and oxygen atoms in total. The summed E-state index contributed by atoms with van der Waals surface area (Å²) in [6.45, 7) is 12.6. The molecule has 2 atom stereocenters. The molecule has 0 aromatic carbocycles. The highest BCUT2D eigenvalue weighted by Crippen LogP contribution is 2.13. The minimum Gasteiger partial charge on any atom is -0.379 e. The van der Waals surface area contributed by atoms with Crippen LogP contribution in [0.25, 0.3) is 0 Å². The first-order valence-electron chi connectivity index (χ1n) is 11.3. The van der Waals surface area contributed by atoms with Crippen LogP contribution in [0, 0.1) is 5.92 Å². The fraction of sp³-hybridized carbons (Fsp3) is 0.950. The minimum absolute atomic E-state index is 0.00120. The third-order valence-corrected chi connectivity index (χ3v) is 6.88. The third kappa shape index (κ3) is 9.47. The number of ether oxygens (including phenoxy) is 2. The second-order valence-corrected chi connectivity index (χ2v) is 10.2. The van der Waals surface area contributed by atoms with Crippen LogP contribution in [0.2, 0.25) is 0 Å². The third-order valence-electron chi connectivity index (χ3n) is 5.53. The Morgan fingerprint density at radius 2 is 1.93 bits per heavy atom. The molecule has 2 saturated heterocycles. The highest BCUT2D eigenvalue weighted by atomic mass is 32.2. The molecule has 3 N–H and O–H groups in total. The maximum absolute atomic E-state index is 12.3. The largest absolute Gasteiger partial charge is 0.379 e. The number of hydrogen-bond donors (Lipinski definition) is 3. The average molecular weight is 448 g/mol. The van der Waals surface area contributed by atoms with Crippen LogP contribution in [-0.4, -0.2) is 96.3 Å². The van der Waals surface area contributed by atoms with E-state index in [0.717, 1.165) is 58.7 Å². The van der Waals surface area contributed by atoms with Gasteiger partial charge in [0.2, 0.25) is 10.0 Å². The Hall–Kier alpha value is -0.940. The topological polar surface area (TPSA) is 104 Å². The van der Waals surface area contributed by atoms with Crippen LogP contribution in [0.15, 0.2) is 4.99 Å². The Morgan fingerprint density at radius 1 is 1.17 bits per heavy atom. The smallest absolute Gasteiger partial charge is 0.213 e. The Bertz CT molecular complexity index is 602.